The normalized spacial score (nSPS) is 18.1. The van der Waals surface area contributed by atoms with E-state index in [4.69, 9.17) is 11.6 Å². The summed E-state index contributed by atoms with van der Waals surface area (Å²) in [5.41, 5.74) is 1.10. The van der Waals surface area contributed by atoms with Gasteiger partial charge < -0.3 is 4.90 Å². The predicted molar refractivity (Wildman–Crippen MR) is 111 cm³/mol. The van der Waals surface area contributed by atoms with E-state index < -0.39 is 9.84 Å². The molecule has 0 aliphatic carbocycles. The molecule has 1 saturated heterocycles. The van der Waals surface area contributed by atoms with E-state index in [0.29, 0.717) is 13.1 Å². The Hall–Kier alpha value is -1.50. The van der Waals surface area contributed by atoms with Gasteiger partial charge in [0, 0.05) is 35.5 Å². The Morgan fingerprint density at radius 2 is 1.78 bits per heavy atom. The van der Waals surface area contributed by atoms with Gasteiger partial charge in [-0.1, -0.05) is 48.0 Å². The van der Waals surface area contributed by atoms with E-state index in [2.05, 4.69) is 0 Å². The summed E-state index contributed by atoms with van der Waals surface area (Å²) in [6.07, 6.45) is 0.824. The largest absolute Gasteiger partial charge is 0.342 e. The minimum Gasteiger partial charge on any atom is -0.342 e. The highest BCUT2D eigenvalue weighted by Gasteiger charge is 2.24. The van der Waals surface area contributed by atoms with Crippen LogP contribution in [0.15, 0.2) is 59.5 Å². The molecule has 0 saturated carbocycles. The molecule has 0 spiro atoms. The van der Waals surface area contributed by atoms with Crippen molar-refractivity contribution in [2.45, 2.75) is 23.0 Å². The van der Waals surface area contributed by atoms with Crippen molar-refractivity contribution >= 4 is 39.1 Å². The summed E-state index contributed by atoms with van der Waals surface area (Å²) in [6.45, 7) is 1.25. The second-order valence-corrected chi connectivity index (χ2v) is 10.3. The van der Waals surface area contributed by atoms with Crippen molar-refractivity contribution < 1.29 is 13.2 Å². The Labute approximate surface area is 169 Å². The molecule has 7 heteroatoms. The van der Waals surface area contributed by atoms with Crippen LogP contribution in [0.2, 0.25) is 5.02 Å². The molecule has 3 rings (SSSR count). The molecule has 1 aliphatic rings. The first-order valence-corrected chi connectivity index (χ1v) is 12.0. The highest BCUT2D eigenvalue weighted by molar-refractivity contribution is 7.99. The molecule has 1 heterocycles. The van der Waals surface area contributed by atoms with Crippen LogP contribution in [-0.4, -0.2) is 43.8 Å². The molecule has 1 atom stereocenters. The van der Waals surface area contributed by atoms with Gasteiger partial charge in [0.05, 0.1) is 10.6 Å². The molecule has 2 aromatic rings. The first-order chi connectivity index (χ1) is 13.0. The smallest absolute Gasteiger partial charge is 0.223 e. The summed E-state index contributed by atoms with van der Waals surface area (Å²) >= 11 is 8.10. The molecular weight excluding hydrogens is 402 g/mol. The fraction of sp³-hybridized carbons (Fsp3) is 0.350. The van der Waals surface area contributed by atoms with Gasteiger partial charge in [-0.25, -0.2) is 8.42 Å². The predicted octanol–water partition coefficient (Wildman–Crippen LogP) is 4.21. The number of amides is 1. The zero-order chi connectivity index (χ0) is 19.3. The van der Waals surface area contributed by atoms with Crippen molar-refractivity contribution in [2.24, 2.45) is 0 Å². The van der Waals surface area contributed by atoms with E-state index in [-0.39, 0.29) is 28.2 Å². The van der Waals surface area contributed by atoms with Crippen LogP contribution in [0.1, 0.15) is 23.7 Å². The van der Waals surface area contributed by atoms with E-state index in [1.165, 1.54) is 0 Å². The Balaban J connectivity index is 1.58. The summed E-state index contributed by atoms with van der Waals surface area (Å²) in [5, 5.41) is 1.01. The average Bonchev–Trinajstić information content (AvgIpc) is 2.93. The Morgan fingerprint density at radius 1 is 1.07 bits per heavy atom. The molecule has 0 aromatic heterocycles. The van der Waals surface area contributed by atoms with E-state index in [0.717, 1.165) is 22.8 Å². The number of sulfone groups is 1. The van der Waals surface area contributed by atoms with Gasteiger partial charge in [0.15, 0.2) is 9.84 Å². The molecule has 2 aromatic carbocycles. The number of carbonyl (C=O) groups excluding carboxylic acids is 1. The maximum absolute atomic E-state index is 12.6. The van der Waals surface area contributed by atoms with Crippen LogP contribution in [0.25, 0.3) is 0 Å². The molecule has 27 heavy (non-hydrogen) atoms. The molecular formula is C20H22ClNO3S2. The lowest BCUT2D eigenvalue weighted by molar-refractivity contribution is -0.130. The number of benzene rings is 2. The first kappa shape index (κ1) is 20.2. The maximum atomic E-state index is 12.6. The maximum Gasteiger partial charge on any atom is 0.223 e. The van der Waals surface area contributed by atoms with Crippen LogP contribution in [0.5, 0.6) is 0 Å². The second-order valence-electron chi connectivity index (χ2n) is 6.43. The number of hydrogen-bond acceptors (Lipinski definition) is 4. The topological polar surface area (TPSA) is 54.5 Å². The summed E-state index contributed by atoms with van der Waals surface area (Å²) in [5.74, 6) is 0.551. The van der Waals surface area contributed by atoms with Crippen molar-refractivity contribution in [3.8, 4) is 0 Å². The summed E-state index contributed by atoms with van der Waals surface area (Å²) in [4.78, 5) is 14.6. The average molecular weight is 424 g/mol. The van der Waals surface area contributed by atoms with Gasteiger partial charge in [0.1, 0.15) is 0 Å². The van der Waals surface area contributed by atoms with Gasteiger partial charge in [-0.15, -0.1) is 0 Å². The third kappa shape index (κ3) is 5.27. The molecule has 0 N–H and O–H groups in total. The summed E-state index contributed by atoms with van der Waals surface area (Å²) in [6, 6.07) is 16.1. The van der Waals surface area contributed by atoms with Gasteiger partial charge in [0.2, 0.25) is 5.91 Å². The Morgan fingerprint density at radius 3 is 2.52 bits per heavy atom. The number of carbonyl (C=O) groups is 1. The zero-order valence-electron chi connectivity index (χ0n) is 14.9. The third-order valence-corrected chi connectivity index (χ3v) is 8.02. The van der Waals surface area contributed by atoms with E-state index in [9.17, 15) is 13.2 Å². The molecule has 0 radical (unpaired) electrons. The number of nitrogens with zero attached hydrogens (tertiary/aromatic N) is 1. The minimum atomic E-state index is -3.43. The van der Waals surface area contributed by atoms with Crippen LogP contribution in [-0.2, 0) is 14.6 Å². The van der Waals surface area contributed by atoms with Gasteiger partial charge in [-0.3, -0.25) is 4.79 Å². The Kier molecular flexibility index (Phi) is 6.84. The standard InChI is InChI=1S/C20H22ClNO3S2/c21-18-9-5-4-8-17(18)19-10-12-22(13-14-26-19)20(23)11-15-27(24,25)16-6-2-1-3-7-16/h1-9,19H,10-15H2. The monoisotopic (exact) mass is 423 g/mol. The fourth-order valence-electron chi connectivity index (χ4n) is 3.13. The quantitative estimate of drug-likeness (QED) is 0.722. The Bertz CT molecular complexity index is 887. The minimum absolute atomic E-state index is 0.0126. The molecule has 1 aliphatic heterocycles. The van der Waals surface area contributed by atoms with Crippen molar-refractivity contribution in [3.05, 3.63) is 65.2 Å². The molecule has 144 valence electrons. The van der Waals surface area contributed by atoms with Crippen molar-refractivity contribution in [1.29, 1.82) is 0 Å². The lowest BCUT2D eigenvalue weighted by atomic mass is 10.1. The van der Waals surface area contributed by atoms with Crippen molar-refractivity contribution in [2.75, 3.05) is 24.6 Å². The molecule has 0 bridgehead atoms. The highest BCUT2D eigenvalue weighted by atomic mass is 35.5. The van der Waals surface area contributed by atoms with Crippen molar-refractivity contribution in [1.82, 2.24) is 4.90 Å². The van der Waals surface area contributed by atoms with Gasteiger partial charge >= 0.3 is 0 Å². The fourth-order valence-corrected chi connectivity index (χ4v) is 5.98. The highest BCUT2D eigenvalue weighted by Crippen LogP contribution is 2.37. The molecule has 4 nitrogen and oxygen atoms in total. The second kappa shape index (κ2) is 9.13. The van der Waals surface area contributed by atoms with Gasteiger partial charge in [-0.05, 0) is 30.2 Å². The summed E-state index contributed by atoms with van der Waals surface area (Å²) in [7, 11) is -3.43. The van der Waals surface area contributed by atoms with Crippen LogP contribution < -0.4 is 0 Å². The number of halogens is 1. The van der Waals surface area contributed by atoms with Crippen LogP contribution >= 0.6 is 23.4 Å². The zero-order valence-corrected chi connectivity index (χ0v) is 17.3. The number of hydrogen-bond donors (Lipinski definition) is 0. The van der Waals surface area contributed by atoms with Gasteiger partial charge in [0.25, 0.3) is 0 Å². The van der Waals surface area contributed by atoms with Crippen LogP contribution in [0.3, 0.4) is 0 Å². The van der Waals surface area contributed by atoms with Crippen LogP contribution in [0.4, 0.5) is 0 Å². The summed E-state index contributed by atoms with van der Waals surface area (Å²) < 4.78 is 24.7. The number of rotatable bonds is 5. The van der Waals surface area contributed by atoms with E-state index >= 15 is 0 Å². The SMILES string of the molecule is O=C(CCS(=O)(=O)c1ccccc1)N1CCSC(c2ccccc2Cl)CC1. The molecule has 1 amide bonds. The van der Waals surface area contributed by atoms with E-state index in [1.54, 1.807) is 47.0 Å². The van der Waals surface area contributed by atoms with E-state index in [1.807, 2.05) is 24.3 Å². The third-order valence-electron chi connectivity index (χ3n) is 4.63. The van der Waals surface area contributed by atoms with Crippen molar-refractivity contribution in [3.63, 3.8) is 0 Å². The lowest BCUT2D eigenvalue weighted by Gasteiger charge is -2.20. The first-order valence-electron chi connectivity index (χ1n) is 8.89. The molecule has 1 fully saturated rings. The lowest BCUT2D eigenvalue weighted by Crippen LogP contribution is -2.34. The molecule has 1 unspecified atom stereocenters. The van der Waals surface area contributed by atoms with Gasteiger partial charge in [-0.2, -0.15) is 11.8 Å². The number of thioether (sulfide) groups is 1. The van der Waals surface area contributed by atoms with Crippen LogP contribution in [0, 0.1) is 0 Å².